The lowest BCUT2D eigenvalue weighted by atomic mass is 10.1. The van der Waals surface area contributed by atoms with E-state index in [2.05, 4.69) is 20.6 Å². The first-order valence-electron chi connectivity index (χ1n) is 11.5. The number of hydrogen-bond donors (Lipinski definition) is 2. The maximum absolute atomic E-state index is 12.6. The minimum absolute atomic E-state index is 0.0646. The molecule has 0 aliphatic heterocycles. The van der Waals surface area contributed by atoms with Gasteiger partial charge in [0.15, 0.2) is 11.5 Å². The van der Waals surface area contributed by atoms with Crippen LogP contribution in [0.5, 0.6) is 0 Å². The number of aromatic nitrogens is 3. The summed E-state index contributed by atoms with van der Waals surface area (Å²) in [5.74, 6) is 0.332. The molecule has 2 N–H and O–H groups in total. The van der Waals surface area contributed by atoms with Gasteiger partial charge in [0, 0.05) is 41.9 Å². The van der Waals surface area contributed by atoms with Gasteiger partial charge in [-0.25, -0.2) is 9.97 Å². The first-order valence-corrected chi connectivity index (χ1v) is 11.5. The number of hydrogen-bond acceptors (Lipinski definition) is 4. The van der Waals surface area contributed by atoms with Crippen molar-refractivity contribution in [2.75, 3.05) is 11.9 Å². The lowest BCUT2D eigenvalue weighted by molar-refractivity contribution is -0.134. The number of fused-ring (bicyclic) bond motifs is 1. The van der Waals surface area contributed by atoms with E-state index < -0.39 is 12.6 Å². The Kier molecular flexibility index (Phi) is 6.15. The highest BCUT2D eigenvalue weighted by Crippen LogP contribution is 2.29. The third kappa shape index (κ3) is 5.45. The van der Waals surface area contributed by atoms with Crippen LogP contribution in [0, 0.1) is 0 Å². The van der Waals surface area contributed by atoms with Gasteiger partial charge in [0.05, 0.1) is 17.6 Å². The molecule has 4 aromatic rings. The zero-order valence-electron chi connectivity index (χ0n) is 18.8. The quantitative estimate of drug-likeness (QED) is 0.318. The molecule has 2 aromatic carbocycles. The Bertz CT molecular complexity index is 1330. The van der Waals surface area contributed by atoms with Crippen LogP contribution in [0.3, 0.4) is 0 Å². The second-order valence-electron chi connectivity index (χ2n) is 8.65. The highest BCUT2D eigenvalue weighted by Gasteiger charge is 2.26. The van der Waals surface area contributed by atoms with Gasteiger partial charge in [0.25, 0.3) is 5.91 Å². The number of carbonyl (C=O) groups is 1. The maximum atomic E-state index is 12.6. The van der Waals surface area contributed by atoms with E-state index in [1.54, 1.807) is 18.3 Å². The molecule has 1 aliphatic rings. The van der Waals surface area contributed by atoms with Crippen LogP contribution in [0.4, 0.5) is 19.0 Å². The Labute approximate surface area is 200 Å². The monoisotopic (exact) mass is 479 g/mol. The lowest BCUT2D eigenvalue weighted by Gasteiger charge is -2.12. The van der Waals surface area contributed by atoms with Crippen LogP contribution in [-0.2, 0) is 0 Å². The molecule has 1 aliphatic carbocycles. The van der Waals surface area contributed by atoms with Crippen molar-refractivity contribution in [3.63, 3.8) is 0 Å². The number of benzene rings is 2. The fourth-order valence-electron chi connectivity index (χ4n) is 3.85. The highest BCUT2D eigenvalue weighted by atomic mass is 19.4. The highest BCUT2D eigenvalue weighted by molar-refractivity contribution is 5.95. The van der Waals surface area contributed by atoms with Crippen molar-refractivity contribution in [3.8, 4) is 22.5 Å². The summed E-state index contributed by atoms with van der Waals surface area (Å²) in [5, 5.41) is 6.01. The Balaban J connectivity index is 1.47. The molecule has 5 rings (SSSR count). The SMILES string of the molecule is O=C(NC1CC1)c1ccc(-c2cnc3c(NCCCC(F)(F)F)nc(-c4ccccc4)cn23)cc1. The van der Waals surface area contributed by atoms with E-state index in [1.807, 2.05) is 53.1 Å². The average molecular weight is 480 g/mol. The van der Waals surface area contributed by atoms with Crippen LogP contribution in [0.2, 0.25) is 0 Å². The Morgan fingerprint density at radius 2 is 1.77 bits per heavy atom. The van der Waals surface area contributed by atoms with Crippen molar-refractivity contribution in [2.45, 2.75) is 37.9 Å². The van der Waals surface area contributed by atoms with Gasteiger partial charge in [0.1, 0.15) is 0 Å². The summed E-state index contributed by atoms with van der Waals surface area (Å²) in [4.78, 5) is 21.5. The number of amides is 1. The van der Waals surface area contributed by atoms with Gasteiger partial charge in [-0.2, -0.15) is 13.2 Å². The Morgan fingerprint density at radius 3 is 2.46 bits per heavy atom. The summed E-state index contributed by atoms with van der Waals surface area (Å²) in [5.41, 5.74) is 4.28. The van der Waals surface area contributed by atoms with Crippen LogP contribution in [0.1, 0.15) is 36.0 Å². The fourth-order valence-corrected chi connectivity index (χ4v) is 3.85. The molecule has 0 spiro atoms. The smallest absolute Gasteiger partial charge is 0.367 e. The van der Waals surface area contributed by atoms with Gasteiger partial charge in [-0.05, 0) is 31.4 Å². The van der Waals surface area contributed by atoms with Crippen LogP contribution < -0.4 is 10.6 Å². The summed E-state index contributed by atoms with van der Waals surface area (Å²) in [6.45, 7) is 0.118. The second-order valence-corrected chi connectivity index (χ2v) is 8.65. The molecule has 9 heteroatoms. The number of imidazole rings is 1. The van der Waals surface area contributed by atoms with Crippen molar-refractivity contribution < 1.29 is 18.0 Å². The zero-order valence-corrected chi connectivity index (χ0v) is 18.8. The average Bonchev–Trinajstić information content (AvgIpc) is 3.56. The third-order valence-electron chi connectivity index (χ3n) is 5.85. The van der Waals surface area contributed by atoms with Gasteiger partial charge in [-0.3, -0.25) is 9.20 Å². The topological polar surface area (TPSA) is 71.3 Å². The minimum atomic E-state index is -4.20. The van der Waals surface area contributed by atoms with Crippen LogP contribution in [0.15, 0.2) is 67.0 Å². The number of nitrogens with zero attached hydrogens (tertiary/aromatic N) is 3. The van der Waals surface area contributed by atoms with E-state index >= 15 is 0 Å². The van der Waals surface area contributed by atoms with Crippen LogP contribution in [-0.4, -0.2) is 39.0 Å². The van der Waals surface area contributed by atoms with Crippen molar-refractivity contribution in [1.29, 1.82) is 0 Å². The number of carbonyl (C=O) groups excluding carboxylic acids is 1. The minimum Gasteiger partial charge on any atom is -0.367 e. The number of rotatable bonds is 8. The van der Waals surface area contributed by atoms with Crippen LogP contribution in [0.25, 0.3) is 28.2 Å². The molecule has 35 heavy (non-hydrogen) atoms. The molecule has 1 amide bonds. The standard InChI is InChI=1S/C26H24F3N5O/c27-26(28,29)13-4-14-30-23-24-31-15-22(34(24)16-21(33-23)17-5-2-1-3-6-17)18-7-9-19(10-8-18)25(35)32-20-11-12-20/h1-3,5-10,15-16,20H,4,11-14H2,(H,30,33)(H,32,35). The molecular weight excluding hydrogens is 455 g/mol. The molecule has 2 aromatic heterocycles. The molecule has 1 fully saturated rings. The summed E-state index contributed by atoms with van der Waals surface area (Å²) in [6.07, 6.45) is 0.484. The van der Waals surface area contributed by atoms with Crippen molar-refractivity contribution in [1.82, 2.24) is 19.7 Å². The molecule has 0 atom stereocenters. The van der Waals surface area contributed by atoms with Crippen LogP contribution >= 0.6 is 0 Å². The van der Waals surface area contributed by atoms with Crippen molar-refractivity contribution >= 4 is 17.4 Å². The summed E-state index contributed by atoms with van der Waals surface area (Å²) in [6, 6.07) is 17.1. The third-order valence-corrected chi connectivity index (χ3v) is 5.85. The van der Waals surface area contributed by atoms with E-state index in [0.717, 1.165) is 29.7 Å². The molecule has 0 unspecified atom stereocenters. The molecule has 2 heterocycles. The fraction of sp³-hybridized carbons (Fsp3) is 0.269. The number of anilines is 1. The molecule has 0 radical (unpaired) electrons. The van der Waals surface area contributed by atoms with E-state index in [9.17, 15) is 18.0 Å². The maximum Gasteiger partial charge on any atom is 0.389 e. The molecular formula is C26H24F3N5O. The Morgan fingerprint density at radius 1 is 1.03 bits per heavy atom. The first-order chi connectivity index (χ1) is 16.9. The van der Waals surface area contributed by atoms with Gasteiger partial charge >= 0.3 is 6.18 Å². The summed E-state index contributed by atoms with van der Waals surface area (Å²) in [7, 11) is 0. The Hall–Kier alpha value is -3.88. The van der Waals surface area contributed by atoms with E-state index in [4.69, 9.17) is 0 Å². The summed E-state index contributed by atoms with van der Waals surface area (Å²) < 4.78 is 39.6. The lowest BCUT2D eigenvalue weighted by Crippen LogP contribution is -2.25. The molecule has 1 saturated carbocycles. The van der Waals surface area contributed by atoms with Gasteiger partial charge < -0.3 is 10.6 Å². The number of halogens is 3. The first kappa shape index (κ1) is 22.9. The number of alkyl halides is 3. The van der Waals surface area contributed by atoms with Gasteiger partial charge in [-0.1, -0.05) is 42.5 Å². The molecule has 6 nitrogen and oxygen atoms in total. The number of nitrogens with one attached hydrogen (secondary N) is 2. The normalized spacial score (nSPS) is 13.7. The molecule has 180 valence electrons. The summed E-state index contributed by atoms with van der Waals surface area (Å²) >= 11 is 0. The molecule has 0 bridgehead atoms. The predicted octanol–water partition coefficient (Wildman–Crippen LogP) is 5.71. The van der Waals surface area contributed by atoms with E-state index in [0.29, 0.717) is 22.7 Å². The van der Waals surface area contributed by atoms with Gasteiger partial charge in [-0.15, -0.1) is 0 Å². The second kappa shape index (κ2) is 9.40. The largest absolute Gasteiger partial charge is 0.389 e. The van der Waals surface area contributed by atoms with Gasteiger partial charge in [0.2, 0.25) is 0 Å². The van der Waals surface area contributed by atoms with E-state index in [-0.39, 0.29) is 24.9 Å². The van der Waals surface area contributed by atoms with E-state index in [1.165, 1.54) is 0 Å². The van der Waals surface area contributed by atoms with Crippen molar-refractivity contribution in [3.05, 3.63) is 72.6 Å². The predicted molar refractivity (Wildman–Crippen MR) is 128 cm³/mol. The molecule has 0 saturated heterocycles. The zero-order chi connectivity index (χ0) is 24.4. The van der Waals surface area contributed by atoms with Crippen molar-refractivity contribution in [2.24, 2.45) is 0 Å².